The summed E-state index contributed by atoms with van der Waals surface area (Å²) in [6.07, 6.45) is 3.06. The minimum atomic E-state index is -0.638. The first-order valence-electron chi connectivity index (χ1n) is 8.81. The molecule has 150 valence electrons. The lowest BCUT2D eigenvalue weighted by molar-refractivity contribution is -0.385. The van der Waals surface area contributed by atoms with Gasteiger partial charge in [-0.25, -0.2) is 0 Å². The van der Waals surface area contributed by atoms with Crippen LogP contribution in [-0.2, 0) is 12.2 Å². The van der Waals surface area contributed by atoms with Gasteiger partial charge in [0.1, 0.15) is 0 Å². The van der Waals surface area contributed by atoms with E-state index >= 15 is 0 Å². The topological polar surface area (TPSA) is 106 Å². The number of aryl methyl sites for hydroxylation is 1. The second kappa shape index (κ2) is 9.53. The lowest BCUT2D eigenvalue weighted by Gasteiger charge is -2.04. The van der Waals surface area contributed by atoms with Crippen LogP contribution in [0.1, 0.15) is 30.3 Å². The second-order valence-corrected chi connectivity index (χ2v) is 7.50. The number of hydrogen-bond acceptors (Lipinski definition) is 7. The maximum Gasteiger partial charge on any atom is 0.311 e. The van der Waals surface area contributed by atoms with Crippen molar-refractivity contribution in [1.82, 2.24) is 14.9 Å². The van der Waals surface area contributed by atoms with Crippen LogP contribution >= 0.6 is 23.4 Å². The SMILES string of the molecule is CCCc1nnc(SCc2ccc(Cl)cc2)n1/N=C\c1ccc(O)c([N+](=O)[O-])c1. The number of nitro groups is 1. The summed E-state index contributed by atoms with van der Waals surface area (Å²) >= 11 is 7.40. The first-order chi connectivity index (χ1) is 14.0. The van der Waals surface area contributed by atoms with Crippen LogP contribution in [-0.4, -0.2) is 31.1 Å². The summed E-state index contributed by atoms with van der Waals surface area (Å²) in [6.45, 7) is 2.03. The predicted molar refractivity (Wildman–Crippen MR) is 113 cm³/mol. The van der Waals surface area contributed by atoms with E-state index in [4.69, 9.17) is 11.6 Å². The van der Waals surface area contributed by atoms with E-state index in [1.807, 2.05) is 31.2 Å². The molecule has 0 spiro atoms. The molecular weight excluding hydrogens is 414 g/mol. The highest BCUT2D eigenvalue weighted by molar-refractivity contribution is 7.98. The molecule has 0 aliphatic carbocycles. The molecule has 0 aliphatic rings. The number of aromatic hydroxyl groups is 1. The summed E-state index contributed by atoms with van der Waals surface area (Å²) in [5, 5.41) is 34.8. The van der Waals surface area contributed by atoms with E-state index in [9.17, 15) is 15.2 Å². The maximum absolute atomic E-state index is 11.0. The van der Waals surface area contributed by atoms with Crippen LogP contribution in [0.4, 0.5) is 5.69 Å². The molecular formula is C19H18ClN5O3S. The summed E-state index contributed by atoms with van der Waals surface area (Å²) in [5.74, 6) is 0.986. The van der Waals surface area contributed by atoms with Gasteiger partial charge in [0, 0.05) is 28.8 Å². The molecule has 0 atom stereocenters. The van der Waals surface area contributed by atoms with Crippen molar-refractivity contribution in [2.45, 2.75) is 30.7 Å². The van der Waals surface area contributed by atoms with Gasteiger partial charge in [-0.3, -0.25) is 10.1 Å². The van der Waals surface area contributed by atoms with Gasteiger partial charge >= 0.3 is 5.69 Å². The monoisotopic (exact) mass is 431 g/mol. The standard InChI is InChI=1S/C19H18ClN5O3S/c1-2-3-18-22-23-19(29-12-13-4-7-15(20)8-5-13)24(18)21-11-14-6-9-17(26)16(10-14)25(27)28/h4-11,26H,2-3,12H2,1H3/b21-11-. The average molecular weight is 432 g/mol. The summed E-state index contributed by atoms with van der Waals surface area (Å²) < 4.78 is 1.64. The van der Waals surface area contributed by atoms with E-state index in [1.54, 1.807) is 10.7 Å². The van der Waals surface area contributed by atoms with Gasteiger partial charge in [-0.15, -0.1) is 10.2 Å². The van der Waals surface area contributed by atoms with E-state index < -0.39 is 4.92 Å². The highest BCUT2D eigenvalue weighted by atomic mass is 35.5. The summed E-state index contributed by atoms with van der Waals surface area (Å²) in [5.41, 5.74) is 1.20. The van der Waals surface area contributed by atoms with Crippen LogP contribution in [0.2, 0.25) is 5.02 Å². The molecule has 0 fully saturated rings. The Hall–Kier alpha value is -2.91. The first-order valence-corrected chi connectivity index (χ1v) is 10.2. The van der Waals surface area contributed by atoms with E-state index in [1.165, 1.54) is 30.1 Å². The molecule has 3 rings (SSSR count). The van der Waals surface area contributed by atoms with Gasteiger partial charge in [-0.05, 0) is 36.2 Å². The zero-order chi connectivity index (χ0) is 20.8. The van der Waals surface area contributed by atoms with Gasteiger partial charge in [0.15, 0.2) is 11.6 Å². The Balaban J connectivity index is 1.84. The Morgan fingerprint density at radius 2 is 2.03 bits per heavy atom. The predicted octanol–water partition coefficient (Wildman–Crippen LogP) is 4.67. The Morgan fingerprint density at radius 3 is 2.72 bits per heavy atom. The summed E-state index contributed by atoms with van der Waals surface area (Å²) in [7, 11) is 0. The molecule has 0 bridgehead atoms. The van der Waals surface area contributed by atoms with Gasteiger partial charge in [-0.2, -0.15) is 9.78 Å². The normalized spacial score (nSPS) is 11.2. The number of benzene rings is 2. The summed E-state index contributed by atoms with van der Waals surface area (Å²) in [4.78, 5) is 10.4. The minimum absolute atomic E-state index is 0.371. The highest BCUT2D eigenvalue weighted by Gasteiger charge is 2.14. The molecule has 1 aromatic heterocycles. The van der Waals surface area contributed by atoms with Crippen molar-refractivity contribution in [3.63, 3.8) is 0 Å². The highest BCUT2D eigenvalue weighted by Crippen LogP contribution is 2.26. The van der Waals surface area contributed by atoms with Crippen molar-refractivity contribution in [2.75, 3.05) is 0 Å². The molecule has 29 heavy (non-hydrogen) atoms. The van der Waals surface area contributed by atoms with E-state index in [-0.39, 0.29) is 11.4 Å². The molecule has 3 aromatic rings. The smallest absolute Gasteiger partial charge is 0.311 e. The molecule has 0 saturated heterocycles. The molecule has 2 aromatic carbocycles. The molecule has 10 heteroatoms. The number of nitro benzene ring substituents is 1. The Bertz CT molecular complexity index is 1040. The molecule has 0 aliphatic heterocycles. The Morgan fingerprint density at radius 1 is 1.28 bits per heavy atom. The van der Waals surface area contributed by atoms with Gasteiger partial charge in [0.2, 0.25) is 5.16 Å². The Labute approximate surface area is 176 Å². The third-order valence-corrected chi connectivity index (χ3v) is 5.19. The zero-order valence-electron chi connectivity index (χ0n) is 15.5. The number of thioether (sulfide) groups is 1. The van der Waals surface area contributed by atoms with Crippen molar-refractivity contribution in [2.24, 2.45) is 5.10 Å². The van der Waals surface area contributed by atoms with Crippen LogP contribution in [0.25, 0.3) is 0 Å². The fraction of sp³-hybridized carbons (Fsp3) is 0.211. The third kappa shape index (κ3) is 5.33. The molecule has 1 N–H and O–H groups in total. The quantitative estimate of drug-likeness (QED) is 0.240. The number of rotatable bonds is 8. The minimum Gasteiger partial charge on any atom is -0.502 e. The first kappa shape index (κ1) is 20.8. The van der Waals surface area contributed by atoms with Crippen molar-refractivity contribution in [3.05, 3.63) is 74.6 Å². The lowest BCUT2D eigenvalue weighted by atomic mass is 10.2. The number of aromatic nitrogens is 3. The van der Waals surface area contributed by atoms with Crippen LogP contribution in [0.3, 0.4) is 0 Å². The number of phenols is 1. The molecule has 8 nitrogen and oxygen atoms in total. The van der Waals surface area contributed by atoms with E-state index in [0.29, 0.717) is 33.7 Å². The van der Waals surface area contributed by atoms with Crippen LogP contribution in [0, 0.1) is 10.1 Å². The summed E-state index contributed by atoms with van der Waals surface area (Å²) in [6, 6.07) is 11.7. The van der Waals surface area contributed by atoms with Crippen LogP contribution < -0.4 is 0 Å². The van der Waals surface area contributed by atoms with E-state index in [0.717, 1.165) is 12.0 Å². The number of phenolic OH excluding ortho intramolecular Hbond substituents is 1. The van der Waals surface area contributed by atoms with Crippen molar-refractivity contribution >= 4 is 35.3 Å². The van der Waals surface area contributed by atoms with Crippen molar-refractivity contribution in [1.29, 1.82) is 0 Å². The number of nitrogens with zero attached hydrogens (tertiary/aromatic N) is 5. The largest absolute Gasteiger partial charge is 0.502 e. The fourth-order valence-electron chi connectivity index (χ4n) is 2.50. The van der Waals surface area contributed by atoms with E-state index in [2.05, 4.69) is 15.3 Å². The lowest BCUT2D eigenvalue weighted by Crippen LogP contribution is -2.00. The number of hydrogen-bond donors (Lipinski definition) is 1. The van der Waals surface area contributed by atoms with Crippen molar-refractivity contribution < 1.29 is 10.0 Å². The fourth-order valence-corrected chi connectivity index (χ4v) is 3.49. The molecule has 0 radical (unpaired) electrons. The van der Waals surface area contributed by atoms with Gasteiger partial charge in [0.05, 0.1) is 11.1 Å². The molecule has 0 unspecified atom stereocenters. The Kier molecular flexibility index (Phi) is 6.84. The molecule has 0 saturated carbocycles. The number of halogens is 1. The second-order valence-electron chi connectivity index (χ2n) is 6.13. The van der Waals surface area contributed by atoms with Gasteiger partial charge < -0.3 is 5.11 Å². The van der Waals surface area contributed by atoms with Gasteiger partial charge in [0.25, 0.3) is 0 Å². The molecule has 0 amide bonds. The average Bonchev–Trinajstić information content (AvgIpc) is 3.08. The van der Waals surface area contributed by atoms with Crippen LogP contribution in [0.5, 0.6) is 5.75 Å². The maximum atomic E-state index is 11.0. The third-order valence-electron chi connectivity index (χ3n) is 3.95. The van der Waals surface area contributed by atoms with Gasteiger partial charge in [-0.1, -0.05) is 42.4 Å². The molecule has 1 heterocycles. The van der Waals surface area contributed by atoms with Crippen molar-refractivity contribution in [3.8, 4) is 5.75 Å². The zero-order valence-corrected chi connectivity index (χ0v) is 17.1. The van der Waals surface area contributed by atoms with Crippen LogP contribution in [0.15, 0.2) is 52.7 Å².